The molecule has 9 heteroatoms. The lowest BCUT2D eigenvalue weighted by molar-refractivity contribution is -0.124. The van der Waals surface area contributed by atoms with Crippen molar-refractivity contribution in [2.75, 3.05) is 24.8 Å². The van der Waals surface area contributed by atoms with E-state index in [-0.39, 0.29) is 19.1 Å². The van der Waals surface area contributed by atoms with Gasteiger partial charge < -0.3 is 14.6 Å². The molecule has 0 radical (unpaired) electrons. The number of benzene rings is 2. The molecule has 8 nitrogen and oxygen atoms in total. The van der Waals surface area contributed by atoms with Gasteiger partial charge in [0.25, 0.3) is 5.91 Å². The lowest BCUT2D eigenvalue weighted by atomic mass is 9.93. The quantitative estimate of drug-likeness (QED) is 0.154. The second kappa shape index (κ2) is 14.2. The van der Waals surface area contributed by atoms with Crippen LogP contribution in [-0.4, -0.2) is 41.8 Å². The molecule has 2 amide bonds. The van der Waals surface area contributed by atoms with Crippen molar-refractivity contribution in [2.45, 2.75) is 30.8 Å². The highest BCUT2D eigenvalue weighted by molar-refractivity contribution is 7.98. The maximum Gasteiger partial charge on any atom is 0.412 e. The number of carbonyl (C=O) groups is 2. The molecule has 0 heterocycles. The van der Waals surface area contributed by atoms with Crippen LogP contribution >= 0.6 is 11.8 Å². The van der Waals surface area contributed by atoms with E-state index in [4.69, 9.17) is 19.8 Å². The van der Waals surface area contributed by atoms with Crippen LogP contribution in [0.25, 0.3) is 0 Å². The highest BCUT2D eigenvalue weighted by Gasteiger charge is 2.24. The lowest BCUT2D eigenvalue weighted by Gasteiger charge is -2.25. The molecule has 4 N–H and O–H groups in total. The number of aliphatic hydroxyl groups excluding tert-OH is 1. The highest BCUT2D eigenvalue weighted by Crippen LogP contribution is 2.32. The zero-order valence-electron chi connectivity index (χ0n) is 18.7. The van der Waals surface area contributed by atoms with Gasteiger partial charge in [-0.3, -0.25) is 15.3 Å². The summed E-state index contributed by atoms with van der Waals surface area (Å²) in [6.45, 7) is 2.01. The van der Waals surface area contributed by atoms with Gasteiger partial charge in [0.05, 0.1) is 6.61 Å². The average molecular weight is 475 g/mol. The van der Waals surface area contributed by atoms with E-state index < -0.39 is 18.1 Å². The van der Waals surface area contributed by atoms with Gasteiger partial charge in [0, 0.05) is 16.7 Å². The molecule has 2 aromatic carbocycles. The summed E-state index contributed by atoms with van der Waals surface area (Å²) < 4.78 is 11.3. The lowest BCUT2D eigenvalue weighted by Crippen LogP contribution is -2.22. The second-order valence-electron chi connectivity index (χ2n) is 7.26. The summed E-state index contributed by atoms with van der Waals surface area (Å²) in [6.07, 6.45) is 4.88. The first-order valence-electron chi connectivity index (χ1n) is 10.5. The number of allylic oxidation sites excluding steroid dienone is 1. The molecular formula is C24H30N2O6S. The van der Waals surface area contributed by atoms with Crippen LogP contribution in [0.1, 0.15) is 31.4 Å². The van der Waals surface area contributed by atoms with Crippen LogP contribution < -0.4 is 15.5 Å². The van der Waals surface area contributed by atoms with Gasteiger partial charge in [-0.05, 0) is 67.0 Å². The van der Waals surface area contributed by atoms with Crippen LogP contribution in [0.15, 0.2) is 65.6 Å². The summed E-state index contributed by atoms with van der Waals surface area (Å²) in [4.78, 5) is 24.9. The second-order valence-corrected chi connectivity index (χ2v) is 8.14. The Hall–Kier alpha value is -3.01. The fraction of sp³-hybridized carbons (Fsp3) is 0.333. The van der Waals surface area contributed by atoms with E-state index in [0.29, 0.717) is 24.3 Å². The minimum Gasteiger partial charge on any atom is -0.491 e. The van der Waals surface area contributed by atoms with Gasteiger partial charge in [0.2, 0.25) is 0 Å². The zero-order valence-corrected chi connectivity index (χ0v) is 19.5. The van der Waals surface area contributed by atoms with Crippen molar-refractivity contribution in [3.8, 4) is 5.75 Å². The van der Waals surface area contributed by atoms with Crippen LogP contribution in [0.5, 0.6) is 5.75 Å². The Morgan fingerprint density at radius 2 is 1.94 bits per heavy atom. The normalized spacial score (nSPS) is 12.7. The Bertz CT molecular complexity index is 919. The highest BCUT2D eigenvalue weighted by atomic mass is 32.2. The number of thioether (sulfide) groups is 1. The largest absolute Gasteiger partial charge is 0.491 e. The fourth-order valence-corrected chi connectivity index (χ4v) is 3.54. The molecule has 0 saturated carbocycles. The first-order chi connectivity index (χ1) is 16.0. The van der Waals surface area contributed by atoms with Gasteiger partial charge in [-0.25, -0.2) is 10.3 Å². The van der Waals surface area contributed by atoms with E-state index in [1.54, 1.807) is 41.5 Å². The van der Waals surface area contributed by atoms with Gasteiger partial charge in [0.1, 0.15) is 18.5 Å². The van der Waals surface area contributed by atoms with Crippen molar-refractivity contribution in [1.29, 1.82) is 0 Å². The van der Waals surface area contributed by atoms with Crippen molar-refractivity contribution in [1.82, 2.24) is 5.48 Å². The monoisotopic (exact) mass is 474 g/mol. The third kappa shape index (κ3) is 9.17. The first kappa shape index (κ1) is 26.2. The minimum atomic E-state index is -0.601. The Balaban J connectivity index is 2.13. The maximum atomic E-state index is 12.7. The summed E-state index contributed by atoms with van der Waals surface area (Å²) in [7, 11) is 0. The SMILES string of the molecule is CSc1ccc(NC(=O)O[C@@H](c2cccc(OCCO)c2)[C@@H](C)CC/C=C/C(=O)NO)cc1. The zero-order chi connectivity index (χ0) is 24.1. The topological polar surface area (TPSA) is 117 Å². The summed E-state index contributed by atoms with van der Waals surface area (Å²) >= 11 is 1.61. The van der Waals surface area contributed by atoms with Crippen molar-refractivity contribution in [2.24, 2.45) is 5.92 Å². The molecule has 2 aromatic rings. The maximum absolute atomic E-state index is 12.7. The average Bonchev–Trinajstić information content (AvgIpc) is 2.84. The summed E-state index contributed by atoms with van der Waals surface area (Å²) in [5.74, 6) is -0.129. The molecule has 0 fully saturated rings. The summed E-state index contributed by atoms with van der Waals surface area (Å²) in [5.41, 5.74) is 2.92. The molecule has 0 spiro atoms. The number of anilines is 1. The molecule has 0 aromatic heterocycles. The molecule has 178 valence electrons. The fourth-order valence-electron chi connectivity index (χ4n) is 3.13. The third-order valence-corrected chi connectivity index (χ3v) is 5.55. The van der Waals surface area contributed by atoms with Gasteiger partial charge in [-0.15, -0.1) is 11.8 Å². The number of amides is 2. The van der Waals surface area contributed by atoms with E-state index >= 15 is 0 Å². The Labute approximate surface area is 197 Å². The van der Waals surface area contributed by atoms with Crippen LogP contribution in [0.4, 0.5) is 10.5 Å². The number of rotatable bonds is 12. The molecule has 0 saturated heterocycles. The number of nitrogens with one attached hydrogen (secondary N) is 2. The molecule has 2 rings (SSSR count). The molecule has 0 bridgehead atoms. The van der Waals surface area contributed by atoms with Crippen LogP contribution in [0.2, 0.25) is 0 Å². The van der Waals surface area contributed by atoms with E-state index in [1.165, 1.54) is 6.08 Å². The first-order valence-corrected chi connectivity index (χ1v) is 11.7. The molecule has 0 unspecified atom stereocenters. The summed E-state index contributed by atoms with van der Waals surface area (Å²) in [6, 6.07) is 14.7. The third-order valence-electron chi connectivity index (χ3n) is 4.80. The number of aliphatic hydroxyl groups is 1. The van der Waals surface area contributed by atoms with E-state index in [1.807, 2.05) is 43.5 Å². The van der Waals surface area contributed by atoms with Gasteiger partial charge >= 0.3 is 6.09 Å². The molecule has 2 atom stereocenters. The van der Waals surface area contributed by atoms with Gasteiger partial charge in [-0.2, -0.15) is 0 Å². The minimum absolute atomic E-state index is 0.0930. The van der Waals surface area contributed by atoms with E-state index in [9.17, 15) is 9.59 Å². The number of carbonyl (C=O) groups excluding carboxylic acids is 2. The van der Waals surface area contributed by atoms with Gasteiger partial charge in [0.15, 0.2) is 0 Å². The molecule has 33 heavy (non-hydrogen) atoms. The molecule has 0 aliphatic heterocycles. The molecule has 0 aliphatic carbocycles. The summed E-state index contributed by atoms with van der Waals surface area (Å²) in [5, 5.41) is 20.3. The van der Waals surface area contributed by atoms with Crippen LogP contribution in [-0.2, 0) is 9.53 Å². The molecular weight excluding hydrogens is 444 g/mol. The van der Waals surface area contributed by atoms with Crippen molar-refractivity contribution >= 4 is 29.4 Å². The number of hydroxylamine groups is 1. The smallest absolute Gasteiger partial charge is 0.412 e. The van der Waals surface area contributed by atoms with Crippen molar-refractivity contribution in [3.63, 3.8) is 0 Å². The number of hydrogen-bond donors (Lipinski definition) is 4. The van der Waals surface area contributed by atoms with Crippen LogP contribution in [0, 0.1) is 5.92 Å². The van der Waals surface area contributed by atoms with Crippen molar-refractivity contribution < 1.29 is 29.4 Å². The Morgan fingerprint density at radius 3 is 2.61 bits per heavy atom. The van der Waals surface area contributed by atoms with Crippen LogP contribution in [0.3, 0.4) is 0 Å². The predicted octanol–water partition coefficient (Wildman–Crippen LogP) is 4.55. The van der Waals surface area contributed by atoms with E-state index in [2.05, 4.69) is 5.32 Å². The predicted molar refractivity (Wildman–Crippen MR) is 128 cm³/mol. The standard InChI is InChI=1S/C24H30N2O6S/c1-17(6-3-4-9-22(28)26-30)23(18-7-5-8-20(16-18)31-15-14-27)32-24(29)25-19-10-12-21(33-2)13-11-19/h4-5,7-13,16-17,23,27,30H,3,6,14-15H2,1-2H3,(H,25,29)(H,26,28)/b9-4+/t17-,23+/m0/s1. The van der Waals surface area contributed by atoms with Gasteiger partial charge in [-0.1, -0.05) is 25.1 Å². The Morgan fingerprint density at radius 1 is 1.18 bits per heavy atom. The Kier molecular flexibility index (Phi) is 11.3. The number of ether oxygens (including phenoxy) is 2. The van der Waals surface area contributed by atoms with Crippen molar-refractivity contribution in [3.05, 3.63) is 66.2 Å². The van der Waals surface area contributed by atoms with E-state index in [0.717, 1.165) is 10.5 Å². The number of hydrogen-bond acceptors (Lipinski definition) is 7. The molecule has 0 aliphatic rings.